The molecule has 1 heteroatoms. The number of aryl methyl sites for hydroxylation is 1. The van der Waals surface area contributed by atoms with Gasteiger partial charge in [0.15, 0.2) is 0 Å². The molecule has 0 aliphatic carbocycles. The molecule has 4 aromatic rings. The average molecular weight is 243 g/mol. The van der Waals surface area contributed by atoms with Gasteiger partial charge in [-0.3, -0.25) is 0 Å². The van der Waals surface area contributed by atoms with Gasteiger partial charge in [0, 0.05) is 16.2 Å². The van der Waals surface area contributed by atoms with Crippen molar-refractivity contribution in [3.8, 4) is 0 Å². The Morgan fingerprint density at radius 1 is 0.684 bits per heavy atom. The van der Waals surface area contributed by atoms with Gasteiger partial charge < -0.3 is 0 Å². The molecule has 0 saturated carbocycles. The van der Waals surface area contributed by atoms with Crippen LogP contribution in [0.4, 0.5) is 0 Å². The van der Waals surface area contributed by atoms with E-state index in [4.69, 9.17) is 4.98 Å². The number of hydrogen-bond acceptors (Lipinski definition) is 1. The fourth-order valence-electron chi connectivity index (χ4n) is 2.83. The first kappa shape index (κ1) is 10.5. The van der Waals surface area contributed by atoms with Crippen molar-refractivity contribution in [3.05, 3.63) is 66.2 Å². The molecule has 1 heterocycles. The van der Waals surface area contributed by atoms with Crippen molar-refractivity contribution >= 4 is 32.6 Å². The monoisotopic (exact) mass is 243 g/mol. The van der Waals surface area contributed by atoms with Crippen molar-refractivity contribution in [1.29, 1.82) is 0 Å². The highest BCUT2D eigenvalue weighted by Gasteiger charge is 2.07. The normalized spacial score (nSPS) is 11.4. The summed E-state index contributed by atoms with van der Waals surface area (Å²) < 4.78 is 0. The molecule has 1 nitrogen and oxygen atoms in total. The fraction of sp³-hybridized carbons (Fsp3) is 0.0556. The first-order valence-electron chi connectivity index (χ1n) is 6.51. The predicted octanol–water partition coefficient (Wildman–Crippen LogP) is 4.85. The lowest BCUT2D eigenvalue weighted by Crippen LogP contribution is -1.88. The summed E-state index contributed by atoms with van der Waals surface area (Å²) in [5.74, 6) is 0. The van der Waals surface area contributed by atoms with E-state index in [0.29, 0.717) is 0 Å². The van der Waals surface area contributed by atoms with Crippen LogP contribution in [-0.2, 0) is 0 Å². The molecule has 0 aliphatic rings. The molecule has 4 rings (SSSR count). The Bertz CT molecular complexity index is 922. The van der Waals surface area contributed by atoms with E-state index in [1.807, 2.05) is 6.07 Å². The number of hydrogen-bond donors (Lipinski definition) is 0. The maximum absolute atomic E-state index is 4.87. The highest BCUT2D eigenvalue weighted by Crippen LogP contribution is 2.30. The van der Waals surface area contributed by atoms with Gasteiger partial charge in [-0.15, -0.1) is 0 Å². The molecule has 0 aliphatic heterocycles. The number of pyridine rings is 1. The van der Waals surface area contributed by atoms with Crippen LogP contribution in [0, 0.1) is 6.92 Å². The van der Waals surface area contributed by atoms with Crippen molar-refractivity contribution in [1.82, 2.24) is 4.98 Å². The Labute approximate surface area is 111 Å². The third-order valence-corrected chi connectivity index (χ3v) is 3.84. The Morgan fingerprint density at radius 2 is 1.42 bits per heavy atom. The first-order chi connectivity index (χ1) is 9.34. The van der Waals surface area contributed by atoms with Gasteiger partial charge in [0.2, 0.25) is 0 Å². The zero-order chi connectivity index (χ0) is 12.8. The molecular weight excluding hydrogens is 230 g/mol. The molecule has 3 aromatic carbocycles. The van der Waals surface area contributed by atoms with E-state index in [1.54, 1.807) is 0 Å². The highest BCUT2D eigenvalue weighted by molar-refractivity contribution is 6.10. The summed E-state index contributed by atoms with van der Waals surface area (Å²) in [5.41, 5.74) is 3.49. The molecule has 0 amide bonds. The molecule has 1 aromatic heterocycles. The Hall–Kier alpha value is -2.41. The van der Waals surface area contributed by atoms with Crippen molar-refractivity contribution < 1.29 is 0 Å². The lowest BCUT2D eigenvalue weighted by atomic mass is 10.00. The maximum Gasteiger partial charge on any atom is 0.0790 e. The lowest BCUT2D eigenvalue weighted by molar-refractivity contribution is 1.47. The zero-order valence-electron chi connectivity index (χ0n) is 10.7. The third-order valence-electron chi connectivity index (χ3n) is 3.84. The van der Waals surface area contributed by atoms with Crippen LogP contribution in [0.2, 0.25) is 0 Å². The van der Waals surface area contributed by atoms with E-state index >= 15 is 0 Å². The van der Waals surface area contributed by atoms with Crippen molar-refractivity contribution in [2.75, 3.05) is 0 Å². The predicted molar refractivity (Wildman–Crippen MR) is 81.5 cm³/mol. The minimum atomic E-state index is 1.07. The van der Waals surface area contributed by atoms with Crippen LogP contribution in [0.25, 0.3) is 32.6 Å². The molecule has 90 valence electrons. The smallest absolute Gasteiger partial charge is 0.0790 e. The second-order valence-corrected chi connectivity index (χ2v) is 4.94. The maximum atomic E-state index is 4.87. The molecule has 0 saturated heterocycles. The second kappa shape index (κ2) is 3.79. The van der Waals surface area contributed by atoms with Gasteiger partial charge in [-0.25, -0.2) is 4.98 Å². The summed E-state index contributed by atoms with van der Waals surface area (Å²) in [4.78, 5) is 4.87. The number of aromatic nitrogens is 1. The summed E-state index contributed by atoms with van der Waals surface area (Å²) in [6.45, 7) is 2.18. The van der Waals surface area contributed by atoms with Crippen LogP contribution in [-0.4, -0.2) is 4.98 Å². The number of nitrogens with zero attached hydrogens (tertiary/aromatic N) is 1. The van der Waals surface area contributed by atoms with Crippen molar-refractivity contribution in [3.63, 3.8) is 0 Å². The summed E-state index contributed by atoms with van der Waals surface area (Å²) in [6, 6.07) is 21.2. The second-order valence-electron chi connectivity index (χ2n) is 4.94. The topological polar surface area (TPSA) is 12.9 Å². The summed E-state index contributed by atoms with van der Waals surface area (Å²) in [7, 11) is 0. The fourth-order valence-corrected chi connectivity index (χ4v) is 2.83. The van der Waals surface area contributed by atoms with Crippen LogP contribution in [0.1, 0.15) is 5.56 Å². The first-order valence-corrected chi connectivity index (χ1v) is 6.51. The summed E-state index contributed by atoms with van der Waals surface area (Å²) in [5, 5.41) is 4.97. The van der Waals surface area contributed by atoms with E-state index in [0.717, 1.165) is 11.0 Å². The Morgan fingerprint density at radius 3 is 2.32 bits per heavy atom. The number of fused-ring (bicyclic) bond motifs is 4. The van der Waals surface area contributed by atoms with Crippen molar-refractivity contribution in [2.24, 2.45) is 0 Å². The SMILES string of the molecule is Cc1c2ccccc2nc2c1ccc1ccccc12. The van der Waals surface area contributed by atoms with Gasteiger partial charge in [-0.05, 0) is 23.9 Å². The number of para-hydroxylation sites is 1. The third kappa shape index (κ3) is 1.45. The van der Waals surface area contributed by atoms with E-state index in [-0.39, 0.29) is 0 Å². The summed E-state index contributed by atoms with van der Waals surface area (Å²) >= 11 is 0. The molecular formula is C18H13N. The van der Waals surface area contributed by atoms with Gasteiger partial charge in [0.1, 0.15) is 0 Å². The van der Waals surface area contributed by atoms with E-state index in [9.17, 15) is 0 Å². The minimum absolute atomic E-state index is 1.07. The van der Waals surface area contributed by atoms with E-state index < -0.39 is 0 Å². The van der Waals surface area contributed by atoms with E-state index in [1.165, 1.54) is 27.1 Å². The Kier molecular flexibility index (Phi) is 2.10. The lowest BCUT2D eigenvalue weighted by Gasteiger charge is -2.09. The number of benzene rings is 3. The number of rotatable bonds is 0. The summed E-state index contributed by atoms with van der Waals surface area (Å²) in [6.07, 6.45) is 0. The highest BCUT2D eigenvalue weighted by atomic mass is 14.7. The minimum Gasteiger partial charge on any atom is -0.247 e. The van der Waals surface area contributed by atoms with Gasteiger partial charge in [0.25, 0.3) is 0 Å². The molecule has 0 spiro atoms. The average Bonchev–Trinajstić information content (AvgIpc) is 2.47. The molecule has 0 bridgehead atoms. The van der Waals surface area contributed by atoms with Crippen LogP contribution in [0.3, 0.4) is 0 Å². The van der Waals surface area contributed by atoms with Crippen LogP contribution < -0.4 is 0 Å². The van der Waals surface area contributed by atoms with E-state index in [2.05, 4.69) is 61.5 Å². The largest absolute Gasteiger partial charge is 0.247 e. The quantitative estimate of drug-likeness (QED) is 0.318. The molecule has 0 N–H and O–H groups in total. The van der Waals surface area contributed by atoms with Gasteiger partial charge in [-0.2, -0.15) is 0 Å². The van der Waals surface area contributed by atoms with Gasteiger partial charge in [0.05, 0.1) is 11.0 Å². The van der Waals surface area contributed by atoms with Gasteiger partial charge >= 0.3 is 0 Å². The van der Waals surface area contributed by atoms with Crippen LogP contribution >= 0.6 is 0 Å². The molecule has 0 radical (unpaired) electrons. The zero-order valence-corrected chi connectivity index (χ0v) is 10.7. The van der Waals surface area contributed by atoms with Gasteiger partial charge in [-0.1, -0.05) is 54.6 Å². The van der Waals surface area contributed by atoms with Crippen molar-refractivity contribution in [2.45, 2.75) is 6.92 Å². The molecule has 0 atom stereocenters. The molecule has 0 unspecified atom stereocenters. The van der Waals surface area contributed by atoms with Crippen LogP contribution in [0.5, 0.6) is 0 Å². The van der Waals surface area contributed by atoms with Crippen LogP contribution in [0.15, 0.2) is 60.7 Å². The Balaban J connectivity index is 2.32. The standard InChI is InChI=1S/C18H13N/c1-12-14-7-4-5-9-17(14)19-18-15(12)11-10-13-6-2-3-8-16(13)18/h2-11H,1H3. The molecule has 19 heavy (non-hydrogen) atoms. The molecule has 0 fully saturated rings.